The van der Waals surface area contributed by atoms with E-state index in [9.17, 15) is 24.3 Å². The molecule has 19 heteroatoms. The number of hydrogen-bond donors (Lipinski definition) is 1. The van der Waals surface area contributed by atoms with E-state index in [0.717, 1.165) is 24.9 Å². The van der Waals surface area contributed by atoms with Gasteiger partial charge in [-0.1, -0.05) is 64.6 Å². The lowest BCUT2D eigenvalue weighted by molar-refractivity contribution is -0.153. The highest BCUT2D eigenvalue weighted by Gasteiger charge is 2.48. The van der Waals surface area contributed by atoms with Gasteiger partial charge in [0.1, 0.15) is 0 Å². The maximum atomic E-state index is 13.4. The van der Waals surface area contributed by atoms with Crippen molar-refractivity contribution in [1.82, 2.24) is 0 Å². The topological polar surface area (TPSA) is 153 Å². The molecule has 1 aliphatic heterocycles. The van der Waals surface area contributed by atoms with Crippen LogP contribution in [-0.2, 0) is 49.5 Å². The summed E-state index contributed by atoms with van der Waals surface area (Å²) in [6.45, 7) is 30.5. The summed E-state index contributed by atoms with van der Waals surface area (Å²) in [6.07, 6.45) is 7.30. The van der Waals surface area contributed by atoms with Gasteiger partial charge in [-0.2, -0.15) is 0 Å². The van der Waals surface area contributed by atoms with Crippen LogP contribution in [0.4, 0.5) is 0 Å². The average Bonchev–Trinajstić information content (AvgIpc) is 3.34. The van der Waals surface area contributed by atoms with Crippen LogP contribution in [0.2, 0.25) is 103 Å². The molecule has 328 valence electrons. The van der Waals surface area contributed by atoms with Gasteiger partial charge in [-0.25, -0.2) is 0 Å². The summed E-state index contributed by atoms with van der Waals surface area (Å²) in [5.41, 5.74) is 0.236. The SMILES string of the molecule is CCCCCC[SiH](C)O[Si](C)(C)O[Si](C)(CCCC(CC(=O)O)C(=O)OCCC[Si](C)(C)C(C)O[SiH](C)C)O[Si@@](C)(CCCC1CC(=O)OC1=O)O[Si](C)(C)C. The van der Waals surface area contributed by atoms with Gasteiger partial charge in [0, 0.05) is 5.73 Å². The predicted molar refractivity (Wildman–Crippen MR) is 241 cm³/mol. The predicted octanol–water partition coefficient (Wildman–Crippen LogP) is 8.98. The monoisotopic (exact) mass is 912 g/mol. The lowest BCUT2D eigenvalue weighted by atomic mass is 10.0. The minimum absolute atomic E-state index is 0.105. The van der Waals surface area contributed by atoms with Crippen molar-refractivity contribution in [2.24, 2.45) is 11.8 Å². The number of carboxylic acids is 1. The second-order valence-corrected chi connectivity index (χ2v) is 44.5. The zero-order valence-corrected chi connectivity index (χ0v) is 44.9. The van der Waals surface area contributed by atoms with Gasteiger partial charge in [-0.3, -0.25) is 19.2 Å². The minimum atomic E-state index is -3.09. The maximum absolute atomic E-state index is 13.4. The first-order chi connectivity index (χ1) is 25.7. The van der Waals surface area contributed by atoms with Crippen molar-refractivity contribution in [3.63, 3.8) is 0 Å². The summed E-state index contributed by atoms with van der Waals surface area (Å²) in [6, 6.07) is 3.18. The lowest BCUT2D eigenvalue weighted by Gasteiger charge is -2.44. The zero-order chi connectivity index (χ0) is 43.0. The van der Waals surface area contributed by atoms with Gasteiger partial charge in [-0.05, 0) is 110 Å². The Morgan fingerprint density at radius 3 is 2.02 bits per heavy atom. The minimum Gasteiger partial charge on any atom is -0.481 e. The van der Waals surface area contributed by atoms with Crippen molar-refractivity contribution >= 4 is 84.0 Å². The molecule has 1 rings (SSSR count). The number of esters is 3. The van der Waals surface area contributed by atoms with Crippen molar-refractivity contribution in [1.29, 1.82) is 0 Å². The lowest BCUT2D eigenvalue weighted by Crippen LogP contribution is -2.59. The molecule has 1 aliphatic rings. The average molecular weight is 914 g/mol. The summed E-state index contributed by atoms with van der Waals surface area (Å²) >= 11 is 0. The Morgan fingerprint density at radius 1 is 0.839 bits per heavy atom. The largest absolute Gasteiger partial charge is 0.481 e. The van der Waals surface area contributed by atoms with Crippen LogP contribution in [0.15, 0.2) is 0 Å². The third kappa shape index (κ3) is 22.7. The van der Waals surface area contributed by atoms with E-state index in [0.29, 0.717) is 37.8 Å². The Morgan fingerprint density at radius 2 is 1.46 bits per heavy atom. The van der Waals surface area contributed by atoms with E-state index in [4.69, 9.17) is 30.4 Å². The van der Waals surface area contributed by atoms with E-state index in [1.807, 2.05) is 0 Å². The first-order valence-corrected chi connectivity index (χ1v) is 41.0. The van der Waals surface area contributed by atoms with E-state index in [1.54, 1.807) is 0 Å². The highest BCUT2D eigenvalue weighted by atomic mass is 28.5. The molecule has 0 aromatic carbocycles. The zero-order valence-electron chi connectivity index (χ0n) is 37.6. The summed E-state index contributed by atoms with van der Waals surface area (Å²) < 4.78 is 44.7. The van der Waals surface area contributed by atoms with E-state index < -0.39 is 95.9 Å². The molecule has 0 aromatic rings. The number of carboxylic acid groups (broad SMARTS) is 1. The quantitative estimate of drug-likeness (QED) is 0.0306. The molecule has 0 saturated carbocycles. The Labute approximate surface area is 348 Å². The highest BCUT2D eigenvalue weighted by molar-refractivity contribution is 6.90. The summed E-state index contributed by atoms with van der Waals surface area (Å²) in [4.78, 5) is 49.3. The maximum Gasteiger partial charge on any atom is 0.317 e. The molecule has 0 bridgehead atoms. The van der Waals surface area contributed by atoms with E-state index in [1.165, 1.54) is 19.3 Å². The van der Waals surface area contributed by atoms with E-state index in [2.05, 4.69) is 92.4 Å². The fourth-order valence-corrected chi connectivity index (χ4v) is 35.3. The van der Waals surface area contributed by atoms with Gasteiger partial charge in [0.15, 0.2) is 26.4 Å². The van der Waals surface area contributed by atoms with Crippen LogP contribution in [0.1, 0.15) is 84.5 Å². The Hall–Kier alpha value is -0.602. The Balaban J connectivity index is 3.20. The van der Waals surface area contributed by atoms with Crippen molar-refractivity contribution in [3.8, 4) is 0 Å². The molecular weight excluding hydrogens is 833 g/mol. The van der Waals surface area contributed by atoms with E-state index in [-0.39, 0.29) is 25.2 Å². The van der Waals surface area contributed by atoms with Crippen LogP contribution in [0.3, 0.4) is 0 Å². The molecule has 0 radical (unpaired) electrons. The van der Waals surface area contributed by atoms with Crippen molar-refractivity contribution in [3.05, 3.63) is 0 Å². The second-order valence-electron chi connectivity index (χ2n) is 18.7. The summed E-state index contributed by atoms with van der Waals surface area (Å²) in [7, 11) is -15.2. The molecule has 1 heterocycles. The van der Waals surface area contributed by atoms with Gasteiger partial charge in [0.05, 0.1) is 39.4 Å². The Kier molecular flexibility index (Phi) is 23.5. The fraction of sp³-hybridized carbons (Fsp3) is 0.892. The van der Waals surface area contributed by atoms with E-state index >= 15 is 0 Å². The standard InChI is InChI=1S/C37H80O12Si7/c1-15-16-17-18-25-51(5)46-54(11,12)48-56(14,49-55(13,47-52(6,7)8)27-20-23-33-30-35(40)44-37(33)42)28-19-22-32(29-34(38)39)36(41)43-24-21-26-53(9,10)31(2)45-50(3)4/h31-33,50-51H,15-30H2,1-14H3,(H,38,39)/t31?,32?,33?,51?,55-,56?/m0/s1. The van der Waals surface area contributed by atoms with Crippen LogP contribution < -0.4 is 0 Å². The smallest absolute Gasteiger partial charge is 0.317 e. The van der Waals surface area contributed by atoms with Crippen LogP contribution in [-0.4, -0.2) is 101 Å². The normalized spacial score (nSPS) is 19.3. The molecule has 1 fully saturated rings. The van der Waals surface area contributed by atoms with Crippen molar-refractivity contribution < 1.29 is 54.6 Å². The van der Waals surface area contributed by atoms with Gasteiger partial charge >= 0.3 is 49.6 Å². The van der Waals surface area contributed by atoms with Gasteiger partial charge in [0.25, 0.3) is 0 Å². The van der Waals surface area contributed by atoms with Gasteiger partial charge < -0.3 is 35.5 Å². The van der Waals surface area contributed by atoms with Crippen LogP contribution >= 0.6 is 0 Å². The molecule has 0 amide bonds. The molecule has 6 atom stereocenters. The molecule has 56 heavy (non-hydrogen) atoms. The third-order valence-corrected chi connectivity index (χ3v) is 34.4. The first-order valence-electron chi connectivity index (χ1n) is 21.3. The number of ether oxygens (including phenoxy) is 2. The number of rotatable bonds is 31. The number of cyclic esters (lactones) is 2. The molecule has 0 aliphatic carbocycles. The number of carbonyl (C=O) groups excluding carboxylic acids is 3. The van der Waals surface area contributed by atoms with Crippen LogP contribution in [0.25, 0.3) is 0 Å². The van der Waals surface area contributed by atoms with Crippen molar-refractivity contribution in [2.45, 2.75) is 193 Å². The van der Waals surface area contributed by atoms with Crippen LogP contribution in [0, 0.1) is 11.8 Å². The summed E-state index contributed by atoms with van der Waals surface area (Å²) in [5.74, 6) is -3.66. The second kappa shape index (κ2) is 24.6. The fourth-order valence-electron chi connectivity index (χ4n) is 7.51. The van der Waals surface area contributed by atoms with Crippen LogP contribution in [0.5, 0.6) is 0 Å². The summed E-state index contributed by atoms with van der Waals surface area (Å²) in [5, 5.41) is 9.77. The first kappa shape index (κ1) is 53.4. The van der Waals surface area contributed by atoms with Gasteiger partial charge in [0.2, 0.25) is 0 Å². The van der Waals surface area contributed by atoms with Gasteiger partial charge in [-0.15, -0.1) is 0 Å². The molecule has 5 unspecified atom stereocenters. The number of carbonyl (C=O) groups is 4. The molecule has 0 aromatic heterocycles. The molecular formula is C37H80O12Si7. The molecule has 1 N–H and O–H groups in total. The number of unbranched alkanes of at least 4 members (excludes halogenated alkanes) is 3. The molecule has 12 nitrogen and oxygen atoms in total. The third-order valence-electron chi connectivity index (χ3n) is 10.2. The van der Waals surface area contributed by atoms with Crippen molar-refractivity contribution in [2.75, 3.05) is 6.61 Å². The molecule has 1 saturated heterocycles. The number of hydrogen-bond acceptors (Lipinski definition) is 11. The Bertz CT molecular complexity index is 1230. The number of aliphatic carboxylic acids is 1. The molecule has 0 spiro atoms. The highest BCUT2D eigenvalue weighted by Crippen LogP contribution is 2.34.